The van der Waals surface area contributed by atoms with E-state index < -0.39 is 0 Å². The molecule has 2 N–H and O–H groups in total. The highest BCUT2D eigenvalue weighted by atomic mass is 16.5. The van der Waals surface area contributed by atoms with Crippen molar-refractivity contribution < 1.29 is 14.6 Å². The molecule has 1 amide bonds. The van der Waals surface area contributed by atoms with Crippen LogP contribution in [0.2, 0.25) is 0 Å². The van der Waals surface area contributed by atoms with Crippen LogP contribution in [-0.2, 0) is 9.53 Å². The quantitative estimate of drug-likeness (QED) is 0.605. The van der Waals surface area contributed by atoms with E-state index in [0.29, 0.717) is 13.0 Å². The predicted molar refractivity (Wildman–Crippen MR) is 50.4 cm³/mol. The van der Waals surface area contributed by atoms with E-state index in [2.05, 4.69) is 5.32 Å². The zero-order chi connectivity index (χ0) is 10.1. The third kappa shape index (κ3) is 7.74. The molecule has 0 saturated carbocycles. The van der Waals surface area contributed by atoms with E-state index >= 15 is 0 Å². The second-order valence-electron chi connectivity index (χ2n) is 3.08. The Morgan fingerprint density at radius 1 is 1.62 bits per heavy atom. The number of rotatable bonds is 7. The van der Waals surface area contributed by atoms with Crippen molar-refractivity contribution >= 4 is 5.91 Å². The van der Waals surface area contributed by atoms with Crippen LogP contribution in [-0.4, -0.2) is 37.4 Å². The van der Waals surface area contributed by atoms with Crippen LogP contribution in [0.5, 0.6) is 0 Å². The number of carbonyl (C=O) groups excluding carboxylic acids is 1. The highest BCUT2D eigenvalue weighted by Crippen LogP contribution is 1.95. The number of aliphatic hydroxyl groups excluding tert-OH is 1. The molecule has 0 aromatic heterocycles. The number of hydrogen-bond donors (Lipinski definition) is 2. The SMILES string of the molecule is COCCC(=O)NC(C)CCCO. The van der Waals surface area contributed by atoms with Crippen LogP contribution >= 0.6 is 0 Å². The number of methoxy groups -OCH3 is 1. The van der Waals surface area contributed by atoms with Gasteiger partial charge < -0.3 is 15.2 Å². The number of carbonyl (C=O) groups is 1. The molecule has 0 spiro atoms. The highest BCUT2D eigenvalue weighted by molar-refractivity contribution is 5.76. The van der Waals surface area contributed by atoms with Gasteiger partial charge in [0.25, 0.3) is 0 Å². The summed E-state index contributed by atoms with van der Waals surface area (Å²) < 4.78 is 4.77. The van der Waals surface area contributed by atoms with Gasteiger partial charge in [0.15, 0.2) is 0 Å². The van der Waals surface area contributed by atoms with Gasteiger partial charge in [0.05, 0.1) is 6.61 Å². The van der Waals surface area contributed by atoms with E-state index in [9.17, 15) is 4.79 Å². The molecule has 1 atom stereocenters. The molecule has 0 aliphatic heterocycles. The first-order chi connectivity index (χ1) is 6.20. The molecule has 0 aliphatic carbocycles. The molecule has 0 saturated heterocycles. The zero-order valence-electron chi connectivity index (χ0n) is 8.38. The summed E-state index contributed by atoms with van der Waals surface area (Å²) in [5.74, 6) is 0.00675. The lowest BCUT2D eigenvalue weighted by Gasteiger charge is -2.12. The molecule has 13 heavy (non-hydrogen) atoms. The van der Waals surface area contributed by atoms with Crippen LogP contribution in [0.25, 0.3) is 0 Å². The fourth-order valence-electron chi connectivity index (χ4n) is 1.01. The largest absolute Gasteiger partial charge is 0.396 e. The number of ether oxygens (including phenoxy) is 1. The number of nitrogens with one attached hydrogen (secondary N) is 1. The molecule has 0 aliphatic rings. The van der Waals surface area contributed by atoms with Crippen molar-refractivity contribution in [3.63, 3.8) is 0 Å². The van der Waals surface area contributed by atoms with Gasteiger partial charge in [0, 0.05) is 26.2 Å². The van der Waals surface area contributed by atoms with E-state index in [1.165, 1.54) is 0 Å². The minimum absolute atomic E-state index is 0.00675. The molecule has 0 radical (unpaired) electrons. The van der Waals surface area contributed by atoms with Gasteiger partial charge in [-0.3, -0.25) is 4.79 Å². The summed E-state index contributed by atoms with van der Waals surface area (Å²) in [6.45, 7) is 2.57. The van der Waals surface area contributed by atoms with Crippen LogP contribution in [0.3, 0.4) is 0 Å². The summed E-state index contributed by atoms with van der Waals surface area (Å²) in [5, 5.41) is 11.4. The van der Waals surface area contributed by atoms with Crippen LogP contribution in [0.4, 0.5) is 0 Å². The Morgan fingerprint density at radius 3 is 2.85 bits per heavy atom. The van der Waals surface area contributed by atoms with Gasteiger partial charge in [0.2, 0.25) is 5.91 Å². The Kier molecular flexibility index (Phi) is 7.63. The molecule has 1 unspecified atom stereocenters. The average molecular weight is 189 g/mol. The molecule has 0 fully saturated rings. The van der Waals surface area contributed by atoms with E-state index in [1.54, 1.807) is 7.11 Å². The molecule has 0 heterocycles. The minimum Gasteiger partial charge on any atom is -0.396 e. The number of aliphatic hydroxyl groups is 1. The lowest BCUT2D eigenvalue weighted by atomic mass is 10.2. The van der Waals surface area contributed by atoms with Gasteiger partial charge in [-0.1, -0.05) is 0 Å². The molecular weight excluding hydrogens is 170 g/mol. The summed E-state index contributed by atoms with van der Waals surface area (Å²) in [6, 6.07) is 0.136. The highest BCUT2D eigenvalue weighted by Gasteiger charge is 2.05. The summed E-state index contributed by atoms with van der Waals surface area (Å²) in [6.07, 6.45) is 1.95. The monoisotopic (exact) mass is 189 g/mol. The Hall–Kier alpha value is -0.610. The number of hydrogen-bond acceptors (Lipinski definition) is 3. The van der Waals surface area contributed by atoms with Crippen LogP contribution in [0.15, 0.2) is 0 Å². The second kappa shape index (κ2) is 8.01. The lowest BCUT2D eigenvalue weighted by Crippen LogP contribution is -2.33. The molecule has 0 aromatic carbocycles. The standard InChI is InChI=1S/C9H19NO3/c1-8(4-3-6-11)10-9(12)5-7-13-2/h8,11H,3-7H2,1-2H3,(H,10,12). The predicted octanol–water partition coefficient (Wildman–Crippen LogP) is 0.300. The van der Waals surface area contributed by atoms with Crippen molar-refractivity contribution in [1.82, 2.24) is 5.32 Å². The van der Waals surface area contributed by atoms with E-state index in [1.807, 2.05) is 6.92 Å². The van der Waals surface area contributed by atoms with Gasteiger partial charge in [-0.15, -0.1) is 0 Å². The summed E-state index contributed by atoms with van der Waals surface area (Å²) in [5.41, 5.74) is 0. The molecule has 4 nitrogen and oxygen atoms in total. The molecule has 0 aromatic rings. The second-order valence-corrected chi connectivity index (χ2v) is 3.08. The molecule has 78 valence electrons. The van der Waals surface area contributed by atoms with Crippen molar-refractivity contribution in [2.75, 3.05) is 20.3 Å². The smallest absolute Gasteiger partial charge is 0.222 e. The van der Waals surface area contributed by atoms with Crippen molar-refractivity contribution in [3.8, 4) is 0 Å². The van der Waals surface area contributed by atoms with E-state index in [4.69, 9.17) is 9.84 Å². The molecule has 4 heteroatoms. The minimum atomic E-state index is 0.00675. The van der Waals surface area contributed by atoms with Crippen molar-refractivity contribution in [3.05, 3.63) is 0 Å². The van der Waals surface area contributed by atoms with Crippen LogP contribution in [0, 0.1) is 0 Å². The van der Waals surface area contributed by atoms with Crippen LogP contribution < -0.4 is 5.32 Å². The first-order valence-corrected chi connectivity index (χ1v) is 4.60. The fourth-order valence-corrected chi connectivity index (χ4v) is 1.01. The van der Waals surface area contributed by atoms with E-state index in [-0.39, 0.29) is 18.6 Å². The number of amides is 1. The van der Waals surface area contributed by atoms with Gasteiger partial charge in [0.1, 0.15) is 0 Å². The molecular formula is C9H19NO3. The molecule has 0 bridgehead atoms. The van der Waals surface area contributed by atoms with Crippen molar-refractivity contribution in [1.29, 1.82) is 0 Å². The van der Waals surface area contributed by atoms with Crippen LogP contribution in [0.1, 0.15) is 26.2 Å². The van der Waals surface area contributed by atoms with E-state index in [0.717, 1.165) is 12.8 Å². The Balaban J connectivity index is 3.41. The Labute approximate surface area is 79.3 Å². The maximum absolute atomic E-state index is 11.1. The first-order valence-electron chi connectivity index (χ1n) is 4.60. The summed E-state index contributed by atoms with van der Waals surface area (Å²) in [4.78, 5) is 11.1. The summed E-state index contributed by atoms with van der Waals surface area (Å²) in [7, 11) is 1.57. The van der Waals surface area contributed by atoms with Crippen molar-refractivity contribution in [2.45, 2.75) is 32.2 Å². The van der Waals surface area contributed by atoms with Gasteiger partial charge >= 0.3 is 0 Å². The zero-order valence-corrected chi connectivity index (χ0v) is 8.38. The first kappa shape index (κ1) is 12.4. The fraction of sp³-hybridized carbons (Fsp3) is 0.889. The van der Waals surface area contributed by atoms with Gasteiger partial charge in [-0.25, -0.2) is 0 Å². The Bertz CT molecular complexity index is 139. The van der Waals surface area contributed by atoms with Gasteiger partial charge in [-0.2, -0.15) is 0 Å². The topological polar surface area (TPSA) is 58.6 Å². The maximum atomic E-state index is 11.1. The summed E-state index contributed by atoms with van der Waals surface area (Å²) >= 11 is 0. The molecule has 0 rings (SSSR count). The Morgan fingerprint density at radius 2 is 2.31 bits per heavy atom. The third-order valence-electron chi connectivity index (χ3n) is 1.74. The maximum Gasteiger partial charge on any atom is 0.222 e. The van der Waals surface area contributed by atoms with Gasteiger partial charge in [-0.05, 0) is 19.8 Å². The van der Waals surface area contributed by atoms with Crippen molar-refractivity contribution in [2.24, 2.45) is 0 Å². The third-order valence-corrected chi connectivity index (χ3v) is 1.74. The normalized spacial score (nSPS) is 12.5. The average Bonchev–Trinajstić information content (AvgIpc) is 2.11. The lowest BCUT2D eigenvalue weighted by molar-refractivity contribution is -0.122.